The number of carbonyl (C=O) groups excluding carboxylic acids is 1. The van der Waals surface area contributed by atoms with Crippen molar-refractivity contribution in [2.45, 2.75) is 0 Å². The molecule has 0 atom stereocenters. The number of hydrogen-bond acceptors (Lipinski definition) is 4. The molecule has 0 bridgehead atoms. The van der Waals surface area contributed by atoms with Crippen LogP contribution in [0.3, 0.4) is 0 Å². The average Bonchev–Trinajstić information content (AvgIpc) is 2.83. The number of aromatic carboxylic acids is 1. The average molecular weight is 232 g/mol. The van der Waals surface area contributed by atoms with Crippen molar-refractivity contribution in [3.8, 4) is 0 Å². The molecular weight excluding hydrogens is 224 g/mol. The first-order valence-corrected chi connectivity index (χ1v) is 4.67. The highest BCUT2D eigenvalue weighted by molar-refractivity contribution is 6.02. The molecule has 1 amide bonds. The van der Waals surface area contributed by atoms with Crippen molar-refractivity contribution in [1.82, 2.24) is 15.2 Å². The molecule has 2 aromatic heterocycles. The summed E-state index contributed by atoms with van der Waals surface area (Å²) in [6.07, 6.45) is 2.73. The van der Waals surface area contributed by atoms with Crippen LogP contribution in [0.25, 0.3) is 0 Å². The smallest absolute Gasteiger partial charge is 0.354 e. The molecule has 0 saturated heterocycles. The number of carboxylic acid groups (broad SMARTS) is 1. The van der Waals surface area contributed by atoms with Gasteiger partial charge in [0.2, 0.25) is 0 Å². The Morgan fingerprint density at radius 2 is 2.12 bits per heavy atom. The lowest BCUT2D eigenvalue weighted by Crippen LogP contribution is -2.13. The number of rotatable bonds is 3. The Morgan fingerprint density at radius 3 is 2.65 bits per heavy atom. The number of pyridine rings is 1. The van der Waals surface area contributed by atoms with Gasteiger partial charge in [-0.3, -0.25) is 9.89 Å². The number of anilines is 1. The largest absolute Gasteiger partial charge is 0.477 e. The molecule has 86 valence electrons. The van der Waals surface area contributed by atoms with Gasteiger partial charge in [0.1, 0.15) is 11.4 Å². The minimum Gasteiger partial charge on any atom is -0.477 e. The standard InChI is InChI=1S/C10H8N4O3/c15-9(7-3-4-12-14-7)13-6-1-2-8(10(16)17)11-5-6/h1-5H,(H,12,14)(H,13,15)(H,16,17). The molecule has 7 nitrogen and oxygen atoms in total. The summed E-state index contributed by atoms with van der Waals surface area (Å²) in [5.74, 6) is -1.48. The summed E-state index contributed by atoms with van der Waals surface area (Å²) in [5, 5.41) is 17.3. The SMILES string of the molecule is O=C(O)c1ccc(NC(=O)c2ccn[nH]2)cn1. The van der Waals surface area contributed by atoms with Crippen LogP contribution in [0.15, 0.2) is 30.6 Å². The molecule has 0 aromatic carbocycles. The van der Waals surface area contributed by atoms with Gasteiger partial charge in [0.15, 0.2) is 0 Å². The van der Waals surface area contributed by atoms with Crippen molar-refractivity contribution in [3.63, 3.8) is 0 Å². The number of hydrogen-bond donors (Lipinski definition) is 3. The molecule has 0 unspecified atom stereocenters. The molecule has 2 rings (SSSR count). The van der Waals surface area contributed by atoms with Crippen LogP contribution in [-0.2, 0) is 0 Å². The summed E-state index contributed by atoms with van der Waals surface area (Å²) >= 11 is 0. The lowest BCUT2D eigenvalue weighted by atomic mass is 10.3. The Labute approximate surface area is 95.5 Å². The van der Waals surface area contributed by atoms with E-state index in [1.165, 1.54) is 30.6 Å². The van der Waals surface area contributed by atoms with E-state index in [0.717, 1.165) is 0 Å². The summed E-state index contributed by atoms with van der Waals surface area (Å²) in [6.45, 7) is 0. The number of carboxylic acids is 1. The van der Waals surface area contributed by atoms with Gasteiger partial charge in [-0.05, 0) is 18.2 Å². The molecule has 17 heavy (non-hydrogen) atoms. The summed E-state index contributed by atoms with van der Waals surface area (Å²) in [4.78, 5) is 25.8. The third-order valence-corrected chi connectivity index (χ3v) is 1.99. The van der Waals surface area contributed by atoms with E-state index in [-0.39, 0.29) is 11.6 Å². The second-order valence-electron chi connectivity index (χ2n) is 3.16. The van der Waals surface area contributed by atoms with Crippen molar-refractivity contribution >= 4 is 17.6 Å². The van der Waals surface area contributed by atoms with Gasteiger partial charge in [-0.25, -0.2) is 9.78 Å². The van der Waals surface area contributed by atoms with Crippen molar-refractivity contribution in [2.24, 2.45) is 0 Å². The topological polar surface area (TPSA) is 108 Å². The van der Waals surface area contributed by atoms with Gasteiger partial charge in [0, 0.05) is 6.20 Å². The maximum atomic E-state index is 11.6. The van der Waals surface area contributed by atoms with Crippen LogP contribution in [0.2, 0.25) is 0 Å². The lowest BCUT2D eigenvalue weighted by molar-refractivity contribution is 0.0690. The maximum absolute atomic E-state index is 11.6. The van der Waals surface area contributed by atoms with E-state index in [1.54, 1.807) is 0 Å². The minimum atomic E-state index is -1.11. The van der Waals surface area contributed by atoms with E-state index in [0.29, 0.717) is 11.4 Å². The van der Waals surface area contributed by atoms with Crippen molar-refractivity contribution in [1.29, 1.82) is 0 Å². The molecule has 0 aliphatic carbocycles. The number of aromatic amines is 1. The van der Waals surface area contributed by atoms with Crippen molar-refractivity contribution in [2.75, 3.05) is 5.32 Å². The summed E-state index contributed by atoms with van der Waals surface area (Å²) < 4.78 is 0. The van der Waals surface area contributed by atoms with Crippen molar-refractivity contribution in [3.05, 3.63) is 42.0 Å². The van der Waals surface area contributed by atoms with E-state index < -0.39 is 5.97 Å². The van der Waals surface area contributed by atoms with Crippen LogP contribution < -0.4 is 5.32 Å². The fourth-order valence-electron chi connectivity index (χ4n) is 1.18. The van der Waals surface area contributed by atoms with Gasteiger partial charge in [-0.2, -0.15) is 5.10 Å². The molecule has 2 aromatic rings. The molecule has 0 aliphatic heterocycles. The molecule has 0 fully saturated rings. The molecule has 7 heteroatoms. The summed E-state index contributed by atoms with van der Waals surface area (Å²) in [6, 6.07) is 4.30. The van der Waals surface area contributed by atoms with Crippen LogP contribution in [0.1, 0.15) is 21.0 Å². The molecular formula is C10H8N4O3. The predicted molar refractivity (Wildman–Crippen MR) is 57.7 cm³/mol. The zero-order valence-electron chi connectivity index (χ0n) is 8.54. The van der Waals surface area contributed by atoms with Crippen molar-refractivity contribution < 1.29 is 14.7 Å². The first kappa shape index (κ1) is 10.8. The third-order valence-electron chi connectivity index (χ3n) is 1.99. The van der Waals surface area contributed by atoms with Crippen LogP contribution in [0.5, 0.6) is 0 Å². The summed E-state index contributed by atoms with van der Waals surface area (Å²) in [7, 11) is 0. The molecule has 0 spiro atoms. The third kappa shape index (κ3) is 2.46. The number of nitrogens with one attached hydrogen (secondary N) is 2. The Morgan fingerprint density at radius 1 is 1.29 bits per heavy atom. The maximum Gasteiger partial charge on any atom is 0.354 e. The molecule has 2 heterocycles. The van der Waals surface area contributed by atoms with Gasteiger partial charge in [0.25, 0.3) is 5.91 Å². The second kappa shape index (κ2) is 4.44. The molecule has 0 saturated carbocycles. The highest BCUT2D eigenvalue weighted by atomic mass is 16.4. The van der Waals surface area contributed by atoms with E-state index in [2.05, 4.69) is 20.5 Å². The summed E-state index contributed by atoms with van der Waals surface area (Å²) in [5.41, 5.74) is 0.645. The zero-order chi connectivity index (χ0) is 12.3. The van der Waals surface area contributed by atoms with E-state index >= 15 is 0 Å². The quantitative estimate of drug-likeness (QED) is 0.723. The number of amides is 1. The van der Waals surface area contributed by atoms with E-state index in [4.69, 9.17) is 5.11 Å². The van der Waals surface area contributed by atoms with Gasteiger partial charge in [-0.15, -0.1) is 0 Å². The van der Waals surface area contributed by atoms with Crippen LogP contribution >= 0.6 is 0 Å². The molecule has 3 N–H and O–H groups in total. The molecule has 0 aliphatic rings. The van der Waals surface area contributed by atoms with Gasteiger partial charge >= 0.3 is 5.97 Å². The lowest BCUT2D eigenvalue weighted by Gasteiger charge is -2.02. The van der Waals surface area contributed by atoms with Gasteiger partial charge < -0.3 is 10.4 Å². The fourth-order valence-corrected chi connectivity index (χ4v) is 1.18. The predicted octanol–water partition coefficient (Wildman–Crippen LogP) is 0.755. The molecule has 0 radical (unpaired) electrons. The van der Waals surface area contributed by atoms with Gasteiger partial charge in [0.05, 0.1) is 11.9 Å². The monoisotopic (exact) mass is 232 g/mol. The highest BCUT2D eigenvalue weighted by Gasteiger charge is 2.08. The number of aromatic nitrogens is 3. The Balaban J connectivity index is 2.09. The zero-order valence-corrected chi connectivity index (χ0v) is 8.54. The van der Waals surface area contributed by atoms with Crippen LogP contribution in [0.4, 0.5) is 5.69 Å². The number of H-pyrrole nitrogens is 1. The Hall–Kier alpha value is -2.70. The first-order valence-electron chi connectivity index (χ1n) is 4.67. The fraction of sp³-hybridized carbons (Fsp3) is 0. The van der Waals surface area contributed by atoms with Crippen LogP contribution in [-0.4, -0.2) is 32.2 Å². The number of carbonyl (C=O) groups is 2. The highest BCUT2D eigenvalue weighted by Crippen LogP contribution is 2.07. The Kier molecular flexibility index (Phi) is 2.82. The van der Waals surface area contributed by atoms with Crippen LogP contribution in [0, 0.1) is 0 Å². The second-order valence-corrected chi connectivity index (χ2v) is 3.16. The minimum absolute atomic E-state index is 0.0791. The first-order chi connectivity index (χ1) is 8.16. The van der Waals surface area contributed by atoms with E-state index in [1.807, 2.05) is 0 Å². The Bertz CT molecular complexity index is 533. The van der Waals surface area contributed by atoms with Gasteiger partial charge in [-0.1, -0.05) is 0 Å². The number of nitrogens with zero attached hydrogens (tertiary/aromatic N) is 2. The normalized spacial score (nSPS) is 9.88. The van der Waals surface area contributed by atoms with E-state index in [9.17, 15) is 9.59 Å².